The zero-order chi connectivity index (χ0) is 11.2. The van der Waals surface area contributed by atoms with Crippen molar-refractivity contribution in [3.63, 3.8) is 0 Å². The third kappa shape index (κ3) is 1.17. The molecular formula is C11H12N3O+. The van der Waals surface area contributed by atoms with Gasteiger partial charge in [-0.15, -0.1) is 0 Å². The Bertz CT molecular complexity index is 590. The normalized spacial score (nSPS) is 10.5. The molecule has 0 saturated heterocycles. The van der Waals surface area contributed by atoms with Gasteiger partial charge < -0.3 is 9.67 Å². The molecule has 0 aliphatic heterocycles. The van der Waals surface area contributed by atoms with Gasteiger partial charge in [-0.2, -0.15) is 0 Å². The summed E-state index contributed by atoms with van der Waals surface area (Å²) in [5, 5.41) is 19.4. The maximum Gasteiger partial charge on any atom is 0.453 e. The van der Waals surface area contributed by atoms with Crippen LogP contribution in [0.2, 0.25) is 0 Å². The van der Waals surface area contributed by atoms with Crippen LogP contribution in [0.4, 0.5) is 5.69 Å². The first-order valence-electron chi connectivity index (χ1n) is 4.70. The van der Waals surface area contributed by atoms with Crippen molar-refractivity contribution in [1.29, 1.82) is 5.39 Å². The Labute approximate surface area is 87.4 Å². The minimum atomic E-state index is -0.0128. The van der Waals surface area contributed by atoms with Gasteiger partial charge >= 0.3 is 5.69 Å². The van der Waals surface area contributed by atoms with Gasteiger partial charge in [-0.3, -0.25) is 0 Å². The molecule has 0 radical (unpaired) electrons. The molecule has 1 aromatic heterocycles. The van der Waals surface area contributed by atoms with Crippen LogP contribution in [0.25, 0.3) is 15.9 Å². The van der Waals surface area contributed by atoms with Crippen LogP contribution >= 0.6 is 0 Å². The van der Waals surface area contributed by atoms with Crippen molar-refractivity contribution in [3.8, 4) is 5.88 Å². The lowest BCUT2D eigenvalue weighted by Gasteiger charge is -1.99. The van der Waals surface area contributed by atoms with Crippen LogP contribution < -0.4 is 0 Å². The molecule has 2 aromatic rings. The topological polar surface area (TPSA) is 53.3 Å². The SMILES string of the molecule is Cc1cc(C)c2c([N+]#N)c(O)n(C)c2c1. The second-order valence-corrected chi connectivity index (χ2v) is 3.81. The molecule has 0 atom stereocenters. The van der Waals surface area contributed by atoms with Gasteiger partial charge in [-0.1, -0.05) is 6.07 Å². The fourth-order valence-corrected chi connectivity index (χ4v) is 2.00. The maximum atomic E-state index is 9.75. The maximum absolute atomic E-state index is 9.75. The summed E-state index contributed by atoms with van der Waals surface area (Å²) in [5.74, 6) is -0.0128. The highest BCUT2D eigenvalue weighted by Crippen LogP contribution is 2.39. The molecule has 0 amide bonds. The minimum Gasteiger partial charge on any atom is -0.489 e. The van der Waals surface area contributed by atoms with Crippen molar-refractivity contribution in [1.82, 2.24) is 4.57 Å². The number of diazo groups is 1. The highest BCUT2D eigenvalue weighted by molar-refractivity contribution is 5.99. The number of benzene rings is 1. The first kappa shape index (κ1) is 9.53. The average molecular weight is 202 g/mol. The third-order valence-electron chi connectivity index (χ3n) is 2.69. The summed E-state index contributed by atoms with van der Waals surface area (Å²) in [7, 11) is 1.74. The molecule has 0 aliphatic carbocycles. The standard InChI is InChI=1S/C11H11N3O/c1-6-4-7(2)9-8(5-6)14(3)11(15)10(9)13-12/h4-5H,1-3H3/p+1. The first-order valence-corrected chi connectivity index (χ1v) is 4.70. The summed E-state index contributed by atoms with van der Waals surface area (Å²) < 4.78 is 1.62. The summed E-state index contributed by atoms with van der Waals surface area (Å²) >= 11 is 0. The van der Waals surface area contributed by atoms with Crippen molar-refractivity contribution in [3.05, 3.63) is 28.2 Å². The summed E-state index contributed by atoms with van der Waals surface area (Å²) in [5.41, 5.74) is 3.22. The lowest BCUT2D eigenvalue weighted by molar-refractivity contribution is 0.438. The van der Waals surface area contributed by atoms with Crippen molar-refractivity contribution in [2.75, 3.05) is 0 Å². The molecule has 0 spiro atoms. The van der Waals surface area contributed by atoms with E-state index in [1.54, 1.807) is 11.6 Å². The monoisotopic (exact) mass is 202 g/mol. The smallest absolute Gasteiger partial charge is 0.453 e. The van der Waals surface area contributed by atoms with Crippen LogP contribution in [0.1, 0.15) is 11.1 Å². The highest BCUT2D eigenvalue weighted by atomic mass is 16.3. The third-order valence-corrected chi connectivity index (χ3v) is 2.69. The van der Waals surface area contributed by atoms with E-state index in [1.807, 2.05) is 26.0 Å². The van der Waals surface area contributed by atoms with Crippen LogP contribution in [0, 0.1) is 19.2 Å². The Morgan fingerprint density at radius 1 is 1.33 bits per heavy atom. The minimum absolute atomic E-state index is 0.0128. The number of fused-ring (bicyclic) bond motifs is 1. The Hall–Kier alpha value is -2.02. The van der Waals surface area contributed by atoms with E-state index in [0.717, 1.165) is 22.0 Å². The van der Waals surface area contributed by atoms with Gasteiger partial charge in [0.05, 0.1) is 5.52 Å². The molecule has 4 heteroatoms. The molecule has 4 nitrogen and oxygen atoms in total. The molecule has 2 rings (SSSR count). The predicted octanol–water partition coefficient (Wildman–Crippen LogP) is 2.99. The molecule has 1 heterocycles. The van der Waals surface area contributed by atoms with Crippen LogP contribution in [0.5, 0.6) is 5.88 Å². The van der Waals surface area contributed by atoms with Gasteiger partial charge in [0.15, 0.2) is 4.98 Å². The second-order valence-electron chi connectivity index (χ2n) is 3.81. The molecule has 1 N–H and O–H groups in total. The van der Waals surface area contributed by atoms with Crippen molar-refractivity contribution < 1.29 is 5.11 Å². The largest absolute Gasteiger partial charge is 0.489 e. The van der Waals surface area contributed by atoms with Crippen LogP contribution in [-0.4, -0.2) is 9.67 Å². The van der Waals surface area contributed by atoms with E-state index >= 15 is 0 Å². The molecule has 0 unspecified atom stereocenters. The Kier molecular flexibility index (Phi) is 1.90. The number of nitrogens with zero attached hydrogens (tertiary/aromatic N) is 3. The predicted molar refractivity (Wildman–Crippen MR) is 58.8 cm³/mol. The molecule has 76 valence electrons. The molecule has 0 fully saturated rings. The summed E-state index contributed by atoms with van der Waals surface area (Å²) in [6.07, 6.45) is 0. The molecule has 1 aromatic carbocycles. The van der Waals surface area contributed by atoms with Gasteiger partial charge in [-0.05, 0) is 31.0 Å². The lowest BCUT2D eigenvalue weighted by atomic mass is 10.1. The fourth-order valence-electron chi connectivity index (χ4n) is 2.00. The quantitative estimate of drug-likeness (QED) is 0.667. The fraction of sp³-hybridized carbons (Fsp3) is 0.273. The van der Waals surface area contributed by atoms with Crippen LogP contribution in [0.3, 0.4) is 0 Å². The lowest BCUT2D eigenvalue weighted by Crippen LogP contribution is -1.87. The van der Waals surface area contributed by atoms with Crippen molar-refractivity contribution >= 4 is 16.6 Å². The van der Waals surface area contributed by atoms with E-state index in [0.29, 0.717) is 0 Å². The average Bonchev–Trinajstić information content (AvgIpc) is 2.42. The van der Waals surface area contributed by atoms with Gasteiger partial charge in [0.1, 0.15) is 5.39 Å². The Balaban J connectivity index is 3.05. The van der Waals surface area contributed by atoms with Crippen LogP contribution in [-0.2, 0) is 7.05 Å². The van der Waals surface area contributed by atoms with E-state index in [-0.39, 0.29) is 11.6 Å². The molecule has 0 bridgehead atoms. The van der Waals surface area contributed by atoms with Crippen molar-refractivity contribution in [2.45, 2.75) is 13.8 Å². The zero-order valence-corrected chi connectivity index (χ0v) is 8.94. The number of hydrogen-bond donors (Lipinski definition) is 1. The number of aromatic hydroxyl groups is 1. The first-order chi connectivity index (χ1) is 7.06. The van der Waals surface area contributed by atoms with E-state index in [4.69, 9.17) is 5.39 Å². The Morgan fingerprint density at radius 3 is 2.60 bits per heavy atom. The van der Waals surface area contributed by atoms with Gasteiger partial charge in [0.2, 0.25) is 5.39 Å². The van der Waals surface area contributed by atoms with E-state index in [2.05, 4.69) is 4.98 Å². The molecule has 15 heavy (non-hydrogen) atoms. The molecule has 0 aliphatic rings. The second kappa shape index (κ2) is 2.99. The zero-order valence-electron chi connectivity index (χ0n) is 8.94. The number of hydrogen-bond acceptors (Lipinski definition) is 2. The van der Waals surface area contributed by atoms with Gasteiger partial charge in [0, 0.05) is 7.05 Å². The van der Waals surface area contributed by atoms with Crippen LogP contribution in [0.15, 0.2) is 12.1 Å². The number of aromatic nitrogens is 1. The summed E-state index contributed by atoms with van der Waals surface area (Å²) in [6, 6.07) is 3.95. The molecule has 0 saturated carbocycles. The Morgan fingerprint density at radius 2 is 2.00 bits per heavy atom. The van der Waals surface area contributed by atoms with E-state index in [9.17, 15) is 5.11 Å². The van der Waals surface area contributed by atoms with Gasteiger partial charge in [-0.25, -0.2) is 0 Å². The van der Waals surface area contributed by atoms with Crippen molar-refractivity contribution in [2.24, 2.45) is 7.05 Å². The number of aryl methyl sites for hydroxylation is 3. The van der Waals surface area contributed by atoms with E-state index < -0.39 is 0 Å². The molecular weight excluding hydrogens is 190 g/mol. The summed E-state index contributed by atoms with van der Waals surface area (Å²) in [4.78, 5) is 3.14. The summed E-state index contributed by atoms with van der Waals surface area (Å²) in [6.45, 7) is 3.93. The van der Waals surface area contributed by atoms with Gasteiger partial charge in [0.25, 0.3) is 5.88 Å². The van der Waals surface area contributed by atoms with E-state index in [1.165, 1.54) is 0 Å². The highest BCUT2D eigenvalue weighted by Gasteiger charge is 2.26. The number of rotatable bonds is 0.